The minimum absolute atomic E-state index is 0.0479. The van der Waals surface area contributed by atoms with Crippen LogP contribution in [0.15, 0.2) is 48.1 Å². The van der Waals surface area contributed by atoms with Gasteiger partial charge in [-0.2, -0.15) is 0 Å². The SMILES string of the molecule is C[C@H]1CC[C@H](C(=O)N(c2cc(-c3ccc(-c4cn5ccsc5n4)cc3)sc2C(=O)O)C2CCOCC2)CC1. The van der Waals surface area contributed by atoms with Crippen molar-refractivity contribution in [3.05, 3.63) is 53.0 Å². The summed E-state index contributed by atoms with van der Waals surface area (Å²) in [5, 5.41) is 12.2. The Labute approximate surface area is 229 Å². The molecule has 1 saturated carbocycles. The van der Waals surface area contributed by atoms with Gasteiger partial charge in [0.15, 0.2) is 4.96 Å². The van der Waals surface area contributed by atoms with Crippen molar-refractivity contribution in [1.29, 1.82) is 0 Å². The summed E-state index contributed by atoms with van der Waals surface area (Å²) < 4.78 is 7.59. The Morgan fingerprint density at radius 3 is 2.45 bits per heavy atom. The zero-order valence-corrected chi connectivity index (χ0v) is 23.0. The first kappa shape index (κ1) is 25.3. The number of amides is 1. The molecule has 1 N–H and O–H groups in total. The third kappa shape index (κ3) is 4.90. The summed E-state index contributed by atoms with van der Waals surface area (Å²) in [7, 11) is 0. The lowest BCUT2D eigenvalue weighted by Gasteiger charge is -2.37. The molecule has 9 heteroatoms. The van der Waals surface area contributed by atoms with E-state index in [4.69, 9.17) is 4.74 Å². The predicted octanol–water partition coefficient (Wildman–Crippen LogP) is 6.83. The second kappa shape index (κ2) is 10.6. The number of anilines is 1. The molecule has 1 aliphatic heterocycles. The molecule has 1 aromatic carbocycles. The van der Waals surface area contributed by atoms with Crippen LogP contribution in [0, 0.1) is 11.8 Å². The van der Waals surface area contributed by atoms with E-state index >= 15 is 0 Å². The number of hydrogen-bond donors (Lipinski definition) is 1. The molecular weight excluding hydrogens is 518 g/mol. The minimum Gasteiger partial charge on any atom is -0.477 e. The molecule has 38 heavy (non-hydrogen) atoms. The zero-order chi connectivity index (χ0) is 26.2. The Balaban J connectivity index is 1.34. The van der Waals surface area contributed by atoms with Crippen molar-refractivity contribution in [1.82, 2.24) is 9.38 Å². The molecule has 1 saturated heterocycles. The monoisotopic (exact) mass is 549 g/mol. The van der Waals surface area contributed by atoms with Crippen molar-refractivity contribution in [2.75, 3.05) is 18.1 Å². The lowest BCUT2D eigenvalue weighted by Crippen LogP contribution is -2.47. The van der Waals surface area contributed by atoms with Crippen LogP contribution < -0.4 is 4.90 Å². The lowest BCUT2D eigenvalue weighted by atomic mass is 9.82. The maximum Gasteiger partial charge on any atom is 0.348 e. The van der Waals surface area contributed by atoms with E-state index in [1.165, 1.54) is 11.3 Å². The first-order chi connectivity index (χ1) is 18.5. The van der Waals surface area contributed by atoms with Crippen LogP contribution in [-0.4, -0.2) is 45.6 Å². The van der Waals surface area contributed by atoms with Gasteiger partial charge in [-0.15, -0.1) is 22.7 Å². The normalized spacial score (nSPS) is 20.6. The number of aromatic nitrogens is 2. The van der Waals surface area contributed by atoms with Crippen LogP contribution in [0.1, 0.15) is 55.1 Å². The third-order valence-electron chi connectivity index (χ3n) is 7.88. The Morgan fingerprint density at radius 2 is 1.76 bits per heavy atom. The molecule has 3 aromatic heterocycles. The molecule has 0 radical (unpaired) electrons. The smallest absolute Gasteiger partial charge is 0.348 e. The van der Waals surface area contributed by atoms with Gasteiger partial charge in [0, 0.05) is 53.4 Å². The average molecular weight is 550 g/mol. The van der Waals surface area contributed by atoms with Gasteiger partial charge in [0.05, 0.1) is 11.4 Å². The number of imidazole rings is 1. The van der Waals surface area contributed by atoms with Gasteiger partial charge < -0.3 is 14.7 Å². The van der Waals surface area contributed by atoms with Crippen molar-refractivity contribution in [3.8, 4) is 21.7 Å². The standard InChI is InChI=1S/C29H31N3O4S2/c1-18-2-4-21(5-3-18)27(33)32(22-10-13-36-14-11-22)24-16-25(38-26(24)28(34)35)20-8-6-19(7-9-20)23-17-31-12-15-37-29(31)30-23/h6-9,12,15-18,21-22H,2-5,10-11,13-14H2,1H3,(H,34,35)/t18-,21-. The first-order valence-electron chi connectivity index (χ1n) is 13.3. The molecule has 0 bridgehead atoms. The summed E-state index contributed by atoms with van der Waals surface area (Å²) in [5.74, 6) is -0.332. The van der Waals surface area contributed by atoms with Crippen LogP contribution >= 0.6 is 22.7 Å². The first-order valence-corrected chi connectivity index (χ1v) is 15.0. The van der Waals surface area contributed by atoms with Gasteiger partial charge in [-0.3, -0.25) is 9.20 Å². The number of rotatable bonds is 6. The number of hydrogen-bond acceptors (Lipinski definition) is 6. The third-order valence-corrected chi connectivity index (χ3v) is 9.82. The van der Waals surface area contributed by atoms with Gasteiger partial charge in [0.2, 0.25) is 5.91 Å². The number of thiophene rings is 1. The van der Waals surface area contributed by atoms with E-state index in [0.29, 0.717) is 24.8 Å². The number of benzene rings is 1. The predicted molar refractivity (Wildman–Crippen MR) is 151 cm³/mol. The number of aromatic carboxylic acids is 1. The zero-order valence-electron chi connectivity index (χ0n) is 21.3. The van der Waals surface area contributed by atoms with E-state index in [-0.39, 0.29) is 22.7 Å². The number of carboxylic acids is 1. The maximum absolute atomic E-state index is 14.0. The van der Waals surface area contributed by atoms with Crippen molar-refractivity contribution in [2.24, 2.45) is 11.8 Å². The van der Waals surface area contributed by atoms with Gasteiger partial charge in [-0.05, 0) is 56.1 Å². The summed E-state index contributed by atoms with van der Waals surface area (Å²) in [4.78, 5) is 34.9. The van der Waals surface area contributed by atoms with Crippen molar-refractivity contribution >= 4 is 45.2 Å². The van der Waals surface area contributed by atoms with E-state index in [1.54, 1.807) is 11.3 Å². The van der Waals surface area contributed by atoms with E-state index in [0.717, 1.165) is 65.2 Å². The molecule has 2 aliphatic rings. The van der Waals surface area contributed by atoms with Crippen LogP contribution in [0.3, 0.4) is 0 Å². The number of carboxylic acid groups (broad SMARTS) is 1. The highest BCUT2D eigenvalue weighted by atomic mass is 32.1. The Kier molecular flexibility index (Phi) is 7.07. The second-order valence-corrected chi connectivity index (χ2v) is 12.4. The fourth-order valence-electron chi connectivity index (χ4n) is 5.67. The van der Waals surface area contributed by atoms with Gasteiger partial charge in [0.1, 0.15) is 4.88 Å². The van der Waals surface area contributed by atoms with Crippen LogP contribution in [0.5, 0.6) is 0 Å². The largest absolute Gasteiger partial charge is 0.477 e. The highest BCUT2D eigenvalue weighted by molar-refractivity contribution is 7.18. The fraction of sp³-hybridized carbons (Fsp3) is 0.414. The van der Waals surface area contributed by atoms with Gasteiger partial charge in [0.25, 0.3) is 0 Å². The summed E-state index contributed by atoms with van der Waals surface area (Å²) in [6, 6.07) is 9.92. The van der Waals surface area contributed by atoms with Gasteiger partial charge >= 0.3 is 5.97 Å². The fourth-order valence-corrected chi connectivity index (χ4v) is 7.36. The van der Waals surface area contributed by atoms with Gasteiger partial charge in [-0.25, -0.2) is 9.78 Å². The summed E-state index contributed by atoms with van der Waals surface area (Å²) >= 11 is 2.84. The summed E-state index contributed by atoms with van der Waals surface area (Å²) in [5.41, 5.74) is 3.37. The van der Waals surface area contributed by atoms with Gasteiger partial charge in [-0.1, -0.05) is 31.2 Å². The Bertz CT molecular complexity index is 1410. The molecule has 0 atom stereocenters. The maximum atomic E-state index is 14.0. The molecule has 2 fully saturated rings. The van der Waals surface area contributed by atoms with Crippen molar-refractivity contribution < 1.29 is 19.4 Å². The number of thiazole rings is 1. The molecule has 0 unspecified atom stereocenters. The van der Waals surface area contributed by atoms with E-state index in [2.05, 4.69) is 11.9 Å². The van der Waals surface area contributed by atoms with Crippen molar-refractivity contribution in [3.63, 3.8) is 0 Å². The van der Waals surface area contributed by atoms with E-state index < -0.39 is 5.97 Å². The topological polar surface area (TPSA) is 84.1 Å². The molecule has 1 aliphatic carbocycles. The molecule has 7 nitrogen and oxygen atoms in total. The quantitative estimate of drug-likeness (QED) is 0.285. The second-order valence-electron chi connectivity index (χ2n) is 10.4. The highest BCUT2D eigenvalue weighted by Gasteiger charge is 2.36. The Hall–Kier alpha value is -3.01. The molecule has 1 amide bonds. The van der Waals surface area contributed by atoms with Crippen LogP contribution in [0.4, 0.5) is 5.69 Å². The van der Waals surface area contributed by atoms with Crippen LogP contribution in [0.25, 0.3) is 26.7 Å². The number of carbonyl (C=O) groups excluding carboxylic acids is 1. The number of ether oxygens (including phenoxy) is 1. The molecule has 6 rings (SSSR count). The number of nitrogens with zero attached hydrogens (tertiary/aromatic N) is 3. The summed E-state index contributed by atoms with van der Waals surface area (Å²) in [6.45, 7) is 3.41. The van der Waals surface area contributed by atoms with Crippen molar-refractivity contribution in [2.45, 2.75) is 51.5 Å². The minimum atomic E-state index is -0.993. The highest BCUT2D eigenvalue weighted by Crippen LogP contribution is 2.41. The van der Waals surface area contributed by atoms with Crippen LogP contribution in [0.2, 0.25) is 0 Å². The number of carbonyl (C=O) groups is 2. The van der Waals surface area contributed by atoms with E-state index in [1.807, 2.05) is 57.4 Å². The average Bonchev–Trinajstić information content (AvgIpc) is 3.66. The summed E-state index contributed by atoms with van der Waals surface area (Å²) in [6.07, 6.45) is 9.25. The molecule has 198 valence electrons. The number of fused-ring (bicyclic) bond motifs is 1. The molecular formula is C29H31N3O4S2. The van der Waals surface area contributed by atoms with Crippen LogP contribution in [-0.2, 0) is 9.53 Å². The Morgan fingerprint density at radius 1 is 1.05 bits per heavy atom. The molecule has 4 aromatic rings. The van der Waals surface area contributed by atoms with E-state index in [9.17, 15) is 14.7 Å². The molecule has 0 spiro atoms. The molecule has 4 heterocycles. The lowest BCUT2D eigenvalue weighted by molar-refractivity contribution is -0.124.